The number of methoxy groups -OCH3 is 3. The minimum Gasteiger partial charge on any atom is -0.507 e. The third kappa shape index (κ3) is 4.62. The van der Waals surface area contributed by atoms with Gasteiger partial charge in [-0.15, -0.1) is 0 Å². The summed E-state index contributed by atoms with van der Waals surface area (Å²) < 4.78 is 32.9. The van der Waals surface area contributed by atoms with E-state index >= 15 is 0 Å². The van der Waals surface area contributed by atoms with E-state index in [9.17, 15) is 19.5 Å². The Bertz CT molecular complexity index is 1710. The van der Waals surface area contributed by atoms with Crippen LogP contribution in [0.3, 0.4) is 0 Å². The van der Waals surface area contributed by atoms with Crippen molar-refractivity contribution in [3.63, 3.8) is 0 Å². The summed E-state index contributed by atoms with van der Waals surface area (Å²) in [6, 6.07) is 11.1. The maximum atomic E-state index is 13.7. The average Bonchev–Trinajstić information content (AvgIpc) is 2.94. The van der Waals surface area contributed by atoms with Crippen molar-refractivity contribution in [2.45, 2.75) is 12.3 Å². The van der Waals surface area contributed by atoms with Gasteiger partial charge in [0.05, 0.1) is 33.3 Å². The number of benzene rings is 3. The number of primary amides is 1. The highest BCUT2D eigenvalue weighted by Crippen LogP contribution is 2.47. The molecule has 0 bridgehead atoms. The van der Waals surface area contributed by atoms with Crippen LogP contribution in [-0.4, -0.2) is 44.9 Å². The zero-order valence-electron chi connectivity index (χ0n) is 21.8. The number of esters is 1. The van der Waals surface area contributed by atoms with Crippen molar-refractivity contribution in [2.75, 3.05) is 27.9 Å². The summed E-state index contributed by atoms with van der Waals surface area (Å²) in [4.78, 5) is 37.4. The second kappa shape index (κ2) is 10.5. The first-order valence-corrected chi connectivity index (χ1v) is 12.1. The fourth-order valence-electron chi connectivity index (χ4n) is 4.79. The van der Waals surface area contributed by atoms with Crippen molar-refractivity contribution < 1.29 is 42.8 Å². The van der Waals surface area contributed by atoms with Gasteiger partial charge < -0.3 is 38.9 Å². The molecule has 0 saturated heterocycles. The Labute approximate surface area is 227 Å². The Morgan fingerprint density at radius 2 is 1.68 bits per heavy atom. The average molecular weight is 548 g/mol. The van der Waals surface area contributed by atoms with Crippen LogP contribution < -0.4 is 34.8 Å². The molecular formula is C29H25NO10. The highest BCUT2D eigenvalue weighted by molar-refractivity contribution is 5.94. The minimum atomic E-state index is -0.649. The largest absolute Gasteiger partial charge is 0.507 e. The predicted molar refractivity (Wildman–Crippen MR) is 142 cm³/mol. The van der Waals surface area contributed by atoms with E-state index in [-0.39, 0.29) is 41.1 Å². The summed E-state index contributed by atoms with van der Waals surface area (Å²) in [7, 11) is 4.42. The van der Waals surface area contributed by atoms with Gasteiger partial charge in [-0.1, -0.05) is 12.1 Å². The number of fused-ring (bicyclic) bond motifs is 3. The van der Waals surface area contributed by atoms with E-state index in [1.807, 2.05) is 0 Å². The number of amides is 1. The molecule has 1 aromatic heterocycles. The van der Waals surface area contributed by atoms with Crippen LogP contribution in [0.1, 0.15) is 23.5 Å². The standard InChI is InChI=1S/C29H25NO10/c1-35-19-6-4-15(9-21(19)36-2)17-12-39-29-26-16(10-25(33)40-23(26)11-18(31)27(29)28(17)34)14-5-7-20(22(8-14)37-3)38-13-24(30)32/h4-9,11-12,16,31H,10,13H2,1-3H3,(H2,30,32)/t16-/m0/s1. The van der Waals surface area contributed by atoms with Gasteiger partial charge in [-0.25, -0.2) is 0 Å². The summed E-state index contributed by atoms with van der Waals surface area (Å²) in [6.45, 7) is -0.341. The van der Waals surface area contributed by atoms with E-state index in [4.69, 9.17) is 33.8 Å². The normalized spacial score (nSPS) is 14.3. The highest BCUT2D eigenvalue weighted by Gasteiger charge is 2.34. The van der Waals surface area contributed by atoms with Gasteiger partial charge in [0.25, 0.3) is 5.91 Å². The summed E-state index contributed by atoms with van der Waals surface area (Å²) >= 11 is 0. The lowest BCUT2D eigenvalue weighted by Crippen LogP contribution is -2.22. The summed E-state index contributed by atoms with van der Waals surface area (Å²) in [5.41, 5.74) is 6.48. The molecule has 1 aliphatic heterocycles. The number of nitrogens with two attached hydrogens (primary N) is 1. The van der Waals surface area contributed by atoms with Crippen LogP contribution in [0.2, 0.25) is 0 Å². The van der Waals surface area contributed by atoms with E-state index in [1.54, 1.807) is 36.4 Å². The number of hydrogen-bond donors (Lipinski definition) is 2. The molecule has 3 N–H and O–H groups in total. The molecule has 5 rings (SSSR count). The summed E-state index contributed by atoms with van der Waals surface area (Å²) in [6.07, 6.45) is 1.22. The third-order valence-corrected chi connectivity index (χ3v) is 6.62. The lowest BCUT2D eigenvalue weighted by molar-refractivity contribution is -0.135. The van der Waals surface area contributed by atoms with Gasteiger partial charge in [0.1, 0.15) is 28.7 Å². The summed E-state index contributed by atoms with van der Waals surface area (Å²) in [5, 5.41) is 10.8. The van der Waals surface area contributed by atoms with Crippen LogP contribution in [0, 0.1) is 0 Å². The number of ether oxygens (including phenoxy) is 5. The van der Waals surface area contributed by atoms with Crippen molar-refractivity contribution in [1.29, 1.82) is 0 Å². The van der Waals surface area contributed by atoms with Crippen LogP contribution in [-0.2, 0) is 9.59 Å². The van der Waals surface area contributed by atoms with E-state index in [2.05, 4.69) is 0 Å². The van der Waals surface area contributed by atoms with Gasteiger partial charge in [-0.05, 0) is 35.4 Å². The quantitative estimate of drug-likeness (QED) is 0.247. The van der Waals surface area contributed by atoms with Crippen LogP contribution in [0.5, 0.6) is 34.5 Å². The first-order chi connectivity index (χ1) is 19.2. The molecule has 1 amide bonds. The van der Waals surface area contributed by atoms with Crippen molar-refractivity contribution in [3.05, 3.63) is 70.1 Å². The second-order valence-electron chi connectivity index (χ2n) is 8.96. The Kier molecular flexibility index (Phi) is 6.95. The number of rotatable bonds is 8. The molecule has 206 valence electrons. The molecule has 11 heteroatoms. The molecule has 3 aromatic carbocycles. The molecule has 1 atom stereocenters. The fraction of sp³-hybridized carbons (Fsp3) is 0.207. The minimum absolute atomic E-state index is 0.0673. The lowest BCUT2D eigenvalue weighted by Gasteiger charge is -2.26. The van der Waals surface area contributed by atoms with Crippen LogP contribution in [0.4, 0.5) is 0 Å². The predicted octanol–water partition coefficient (Wildman–Crippen LogP) is 3.50. The van der Waals surface area contributed by atoms with E-state index in [1.165, 1.54) is 33.7 Å². The number of carbonyl (C=O) groups excluding carboxylic acids is 2. The maximum Gasteiger partial charge on any atom is 0.312 e. The number of phenolic OH excluding ortho intramolecular Hbond substituents is 1. The van der Waals surface area contributed by atoms with Crippen LogP contribution in [0.25, 0.3) is 22.1 Å². The van der Waals surface area contributed by atoms with Crippen molar-refractivity contribution in [2.24, 2.45) is 5.73 Å². The molecule has 2 heterocycles. The third-order valence-electron chi connectivity index (χ3n) is 6.62. The lowest BCUT2D eigenvalue weighted by atomic mass is 9.84. The monoisotopic (exact) mass is 547 g/mol. The van der Waals surface area contributed by atoms with E-state index < -0.39 is 29.0 Å². The number of hydrogen-bond acceptors (Lipinski definition) is 10. The van der Waals surface area contributed by atoms with Gasteiger partial charge in [0.2, 0.25) is 5.43 Å². The van der Waals surface area contributed by atoms with Crippen molar-refractivity contribution in [3.8, 4) is 45.6 Å². The molecule has 0 aliphatic carbocycles. The van der Waals surface area contributed by atoms with Crippen molar-refractivity contribution in [1.82, 2.24) is 0 Å². The second-order valence-corrected chi connectivity index (χ2v) is 8.96. The topological polar surface area (TPSA) is 157 Å². The first-order valence-electron chi connectivity index (χ1n) is 12.1. The van der Waals surface area contributed by atoms with Gasteiger partial charge in [-0.2, -0.15) is 0 Å². The number of aromatic hydroxyl groups is 1. The summed E-state index contributed by atoms with van der Waals surface area (Å²) in [5.74, 6) is -0.638. The first kappa shape index (κ1) is 26.4. The SMILES string of the molecule is COc1ccc(-c2coc3c4c(cc(O)c3c2=O)OC(=O)C[C@H]4c2ccc(OCC(N)=O)c(OC)c2)cc1OC. The Balaban J connectivity index is 1.66. The Hall–Kier alpha value is -5.19. The van der Waals surface area contributed by atoms with Crippen LogP contribution >= 0.6 is 0 Å². The molecule has 0 spiro atoms. The molecule has 11 nitrogen and oxygen atoms in total. The highest BCUT2D eigenvalue weighted by atomic mass is 16.5. The molecular weight excluding hydrogens is 522 g/mol. The zero-order valence-corrected chi connectivity index (χ0v) is 21.8. The van der Waals surface area contributed by atoms with Gasteiger partial charge in [-0.3, -0.25) is 14.4 Å². The molecule has 40 heavy (non-hydrogen) atoms. The van der Waals surface area contributed by atoms with E-state index in [0.717, 1.165) is 0 Å². The molecule has 0 fully saturated rings. The number of carbonyl (C=O) groups is 2. The van der Waals surface area contributed by atoms with E-state index in [0.29, 0.717) is 33.9 Å². The van der Waals surface area contributed by atoms with Gasteiger partial charge >= 0.3 is 5.97 Å². The van der Waals surface area contributed by atoms with Gasteiger partial charge in [0, 0.05) is 17.5 Å². The smallest absolute Gasteiger partial charge is 0.312 e. The molecule has 0 saturated carbocycles. The molecule has 0 radical (unpaired) electrons. The van der Waals surface area contributed by atoms with Crippen molar-refractivity contribution >= 4 is 22.8 Å². The maximum absolute atomic E-state index is 13.7. The Morgan fingerprint density at radius 3 is 2.38 bits per heavy atom. The molecule has 4 aromatic rings. The zero-order chi connectivity index (χ0) is 28.6. The van der Waals surface area contributed by atoms with Gasteiger partial charge in [0.15, 0.2) is 29.6 Å². The fourth-order valence-corrected chi connectivity index (χ4v) is 4.79. The molecule has 0 unspecified atom stereocenters. The molecule has 1 aliphatic rings. The van der Waals surface area contributed by atoms with Crippen LogP contribution in [0.15, 0.2) is 57.9 Å². The number of phenols is 1. The Morgan fingerprint density at radius 1 is 0.975 bits per heavy atom.